The van der Waals surface area contributed by atoms with Crippen LogP contribution in [0.25, 0.3) is 0 Å². The zero-order valence-corrected chi connectivity index (χ0v) is 11.1. The Labute approximate surface area is 123 Å². The number of anilines is 1. The van der Waals surface area contributed by atoms with Crippen LogP contribution in [0.1, 0.15) is 5.69 Å². The van der Waals surface area contributed by atoms with Gasteiger partial charge in [-0.15, -0.1) is 0 Å². The first-order chi connectivity index (χ1) is 10.4. The Morgan fingerprint density at radius 3 is 2.73 bits per heavy atom. The molecular weight excluding hydrogens is 293 g/mol. The molecule has 3 nitrogen and oxygen atoms in total. The summed E-state index contributed by atoms with van der Waals surface area (Å²) in [5.74, 6) is 0.00486. The molecule has 3 aliphatic carbocycles. The van der Waals surface area contributed by atoms with Crippen molar-refractivity contribution in [2.45, 2.75) is 6.18 Å². The van der Waals surface area contributed by atoms with Gasteiger partial charge in [0.05, 0.1) is 11.9 Å². The molecule has 3 aliphatic rings. The number of hydrogen-bond acceptors (Lipinski definition) is 2. The zero-order valence-electron chi connectivity index (χ0n) is 11.1. The lowest BCUT2D eigenvalue weighted by atomic mass is 10.0. The topological polar surface area (TPSA) is 42.0 Å². The van der Waals surface area contributed by atoms with Crippen LogP contribution >= 0.6 is 0 Å². The van der Waals surface area contributed by atoms with E-state index < -0.39 is 11.9 Å². The number of allylic oxidation sites excluding steroid dienone is 6. The molecule has 110 valence electrons. The fourth-order valence-electron chi connectivity index (χ4n) is 2.69. The van der Waals surface area contributed by atoms with Crippen LogP contribution in [-0.2, 0) is 11.0 Å². The molecule has 1 heterocycles. The molecule has 0 saturated heterocycles. The second-order valence-electron chi connectivity index (χ2n) is 5.29. The summed E-state index contributed by atoms with van der Waals surface area (Å²) < 4.78 is 37.3. The lowest BCUT2D eigenvalue weighted by molar-refractivity contribution is -0.141. The smallest absolute Gasteiger partial charge is 0.321 e. The number of alkyl halides is 3. The number of rotatable bonds is 2. The van der Waals surface area contributed by atoms with Gasteiger partial charge in [-0.1, -0.05) is 12.2 Å². The molecule has 4 rings (SSSR count). The zero-order chi connectivity index (χ0) is 15.5. The first-order valence-corrected chi connectivity index (χ1v) is 6.64. The minimum absolute atomic E-state index is 0.232. The largest absolute Gasteiger partial charge is 0.433 e. The summed E-state index contributed by atoms with van der Waals surface area (Å²) in [4.78, 5) is 15.6. The molecule has 1 atom stereocenters. The highest BCUT2D eigenvalue weighted by Crippen LogP contribution is 2.51. The van der Waals surface area contributed by atoms with Gasteiger partial charge in [-0.25, -0.2) is 4.98 Å². The Balaban J connectivity index is 1.49. The number of fused-ring (bicyclic) bond motifs is 3. The molecule has 0 radical (unpaired) electrons. The highest BCUT2D eigenvalue weighted by molar-refractivity contribution is 6.09. The van der Waals surface area contributed by atoms with E-state index in [2.05, 4.69) is 16.4 Å². The maximum absolute atomic E-state index is 12.4. The molecule has 0 fully saturated rings. The fourth-order valence-corrected chi connectivity index (χ4v) is 2.69. The molecule has 1 amide bonds. The standard InChI is InChI=1S/C16H9F3N2O/c17-16(18,19)14-4-1-9(7-20-14)21-15(22)11-3-2-10-12-5-8(12)6-13(10)11/h1-7,12H,(H,21,22). The lowest BCUT2D eigenvalue weighted by Gasteiger charge is -2.09. The van der Waals surface area contributed by atoms with Gasteiger partial charge in [0.2, 0.25) is 0 Å². The van der Waals surface area contributed by atoms with E-state index in [0.717, 1.165) is 23.4 Å². The number of carbonyl (C=O) groups is 1. The molecule has 0 spiro atoms. The first-order valence-electron chi connectivity index (χ1n) is 6.64. The molecule has 1 aromatic heterocycles. The third kappa shape index (κ3) is 1.99. The first kappa shape index (κ1) is 13.1. The highest BCUT2D eigenvalue weighted by Gasteiger charge is 2.39. The molecule has 1 N–H and O–H groups in total. The monoisotopic (exact) mass is 302 g/mol. The SMILES string of the molecule is O=C(Nc1ccc(C(F)(F)F)nc1)C1=CC=C2C1=CC1=CC12. The molecule has 0 aliphatic heterocycles. The number of hydrogen-bond donors (Lipinski definition) is 1. The Morgan fingerprint density at radius 2 is 2.05 bits per heavy atom. The molecule has 0 aromatic carbocycles. The van der Waals surface area contributed by atoms with Gasteiger partial charge in [-0.05, 0) is 41.0 Å². The van der Waals surface area contributed by atoms with Crippen LogP contribution in [-0.4, -0.2) is 10.9 Å². The molecule has 1 aromatic rings. The van der Waals surface area contributed by atoms with E-state index in [9.17, 15) is 18.0 Å². The summed E-state index contributed by atoms with van der Waals surface area (Å²) >= 11 is 0. The second-order valence-corrected chi connectivity index (χ2v) is 5.29. The van der Waals surface area contributed by atoms with Crippen LogP contribution in [0.2, 0.25) is 0 Å². The number of nitrogens with one attached hydrogen (secondary N) is 1. The van der Waals surface area contributed by atoms with Crippen molar-refractivity contribution in [1.29, 1.82) is 0 Å². The highest BCUT2D eigenvalue weighted by atomic mass is 19.4. The van der Waals surface area contributed by atoms with Gasteiger partial charge in [0.15, 0.2) is 0 Å². The van der Waals surface area contributed by atoms with Crippen molar-refractivity contribution in [3.8, 4) is 0 Å². The summed E-state index contributed by atoms with van der Waals surface area (Å²) in [5.41, 5.74) is 3.01. The van der Waals surface area contributed by atoms with Gasteiger partial charge >= 0.3 is 6.18 Å². The Bertz CT molecular complexity index is 811. The maximum atomic E-state index is 12.4. The van der Waals surface area contributed by atoms with Gasteiger partial charge in [0, 0.05) is 11.5 Å². The summed E-state index contributed by atoms with van der Waals surface area (Å²) in [7, 11) is 0. The average molecular weight is 302 g/mol. The van der Waals surface area contributed by atoms with Crippen molar-refractivity contribution in [3.63, 3.8) is 0 Å². The van der Waals surface area contributed by atoms with Crippen molar-refractivity contribution in [2.75, 3.05) is 5.32 Å². The number of carbonyl (C=O) groups excluding carboxylic acids is 1. The van der Waals surface area contributed by atoms with Crippen molar-refractivity contribution < 1.29 is 18.0 Å². The predicted octanol–water partition coefficient (Wildman–Crippen LogP) is 3.40. The van der Waals surface area contributed by atoms with E-state index in [1.54, 1.807) is 6.08 Å². The van der Waals surface area contributed by atoms with Gasteiger partial charge in [-0.2, -0.15) is 13.2 Å². The van der Waals surface area contributed by atoms with Crippen molar-refractivity contribution in [2.24, 2.45) is 5.92 Å². The number of nitrogens with zero attached hydrogens (tertiary/aromatic N) is 1. The molecule has 1 unspecified atom stereocenters. The van der Waals surface area contributed by atoms with Crippen molar-refractivity contribution >= 4 is 11.6 Å². The maximum Gasteiger partial charge on any atom is 0.433 e. The van der Waals surface area contributed by atoms with E-state index in [1.807, 2.05) is 12.2 Å². The third-order valence-electron chi connectivity index (χ3n) is 3.84. The van der Waals surface area contributed by atoms with Crippen LogP contribution in [0.4, 0.5) is 18.9 Å². The Kier molecular flexibility index (Phi) is 2.49. The summed E-state index contributed by atoms with van der Waals surface area (Å²) in [6, 6.07) is 2.04. The summed E-state index contributed by atoms with van der Waals surface area (Å²) in [5, 5.41) is 2.57. The molecule has 22 heavy (non-hydrogen) atoms. The summed E-state index contributed by atoms with van der Waals surface area (Å²) in [6.45, 7) is 0. The van der Waals surface area contributed by atoms with Crippen LogP contribution < -0.4 is 5.32 Å². The van der Waals surface area contributed by atoms with E-state index in [0.29, 0.717) is 11.5 Å². The minimum Gasteiger partial charge on any atom is -0.321 e. The quantitative estimate of drug-likeness (QED) is 0.909. The van der Waals surface area contributed by atoms with Gasteiger partial charge in [0.1, 0.15) is 5.69 Å². The van der Waals surface area contributed by atoms with Crippen LogP contribution in [0.5, 0.6) is 0 Å². The Morgan fingerprint density at radius 1 is 1.23 bits per heavy atom. The predicted molar refractivity (Wildman–Crippen MR) is 73.7 cm³/mol. The number of pyridine rings is 1. The van der Waals surface area contributed by atoms with Gasteiger partial charge in [-0.3, -0.25) is 4.79 Å². The van der Waals surface area contributed by atoms with Gasteiger partial charge in [0.25, 0.3) is 5.91 Å². The van der Waals surface area contributed by atoms with Crippen LogP contribution in [0, 0.1) is 5.92 Å². The molecular formula is C16H9F3N2O. The average Bonchev–Trinajstić information content (AvgIpc) is 2.93. The van der Waals surface area contributed by atoms with Crippen LogP contribution in [0.15, 0.2) is 64.9 Å². The van der Waals surface area contributed by atoms with Crippen LogP contribution in [0.3, 0.4) is 0 Å². The minimum atomic E-state index is -4.49. The van der Waals surface area contributed by atoms with E-state index in [1.165, 1.54) is 11.6 Å². The van der Waals surface area contributed by atoms with Crippen molar-refractivity contribution in [1.82, 2.24) is 4.98 Å². The molecule has 6 heteroatoms. The third-order valence-corrected chi connectivity index (χ3v) is 3.84. The fraction of sp³-hybridized carbons (Fsp3) is 0.125. The summed E-state index contributed by atoms with van der Waals surface area (Å²) in [6.07, 6.45) is 4.25. The molecule has 0 bridgehead atoms. The lowest BCUT2D eigenvalue weighted by Crippen LogP contribution is -2.16. The Hall–Kier alpha value is -2.63. The van der Waals surface area contributed by atoms with E-state index in [-0.39, 0.29) is 11.6 Å². The normalized spacial score (nSPS) is 21.3. The second kappa shape index (κ2) is 4.19. The van der Waals surface area contributed by atoms with Gasteiger partial charge < -0.3 is 5.32 Å². The van der Waals surface area contributed by atoms with Crippen molar-refractivity contribution in [3.05, 3.63) is 70.6 Å². The number of amides is 1. The van der Waals surface area contributed by atoms with E-state index in [4.69, 9.17) is 0 Å². The number of aromatic nitrogens is 1. The number of halogens is 3. The molecule has 0 saturated carbocycles. The van der Waals surface area contributed by atoms with E-state index >= 15 is 0 Å².